The molecule has 29 heavy (non-hydrogen) atoms. The lowest BCUT2D eigenvalue weighted by Gasteiger charge is -2.25. The number of aromatic carboxylic acids is 1. The number of nitrogens with zero attached hydrogens (tertiary/aromatic N) is 1. The first-order valence-electron chi connectivity index (χ1n) is 9.78. The van der Waals surface area contributed by atoms with Gasteiger partial charge in [-0.25, -0.2) is 13.2 Å². The third-order valence-corrected chi connectivity index (χ3v) is 6.90. The summed E-state index contributed by atoms with van der Waals surface area (Å²) < 4.78 is 29.1. The summed E-state index contributed by atoms with van der Waals surface area (Å²) in [5.41, 5.74) is 2.12. The molecule has 3 rings (SSSR count). The van der Waals surface area contributed by atoms with Crippen molar-refractivity contribution in [1.29, 1.82) is 5.26 Å². The number of carboxylic acid groups (broad SMARTS) is 1. The van der Waals surface area contributed by atoms with Crippen LogP contribution in [0.3, 0.4) is 0 Å². The lowest BCUT2D eigenvalue weighted by Crippen LogP contribution is -2.18. The molecule has 0 aromatic heterocycles. The van der Waals surface area contributed by atoms with Gasteiger partial charge >= 0.3 is 5.97 Å². The number of nitriles is 1. The molecule has 0 bridgehead atoms. The molecule has 1 fully saturated rings. The number of hydrogen-bond acceptors (Lipinski definition) is 4. The fourth-order valence-corrected chi connectivity index (χ4v) is 5.33. The molecule has 7 heteroatoms. The van der Waals surface area contributed by atoms with E-state index >= 15 is 0 Å². The first kappa shape index (κ1) is 20.9. The Morgan fingerprint density at radius 1 is 1.17 bits per heavy atom. The monoisotopic (exact) mass is 412 g/mol. The number of benzene rings is 2. The Morgan fingerprint density at radius 3 is 2.52 bits per heavy atom. The van der Waals surface area contributed by atoms with E-state index in [9.17, 15) is 23.6 Å². The molecule has 0 spiro atoms. The Balaban J connectivity index is 2.05. The third kappa shape index (κ3) is 4.60. The van der Waals surface area contributed by atoms with Crippen LogP contribution in [0.2, 0.25) is 0 Å². The van der Waals surface area contributed by atoms with E-state index in [4.69, 9.17) is 0 Å². The van der Waals surface area contributed by atoms with Gasteiger partial charge < -0.3 is 5.11 Å². The largest absolute Gasteiger partial charge is 0.478 e. The van der Waals surface area contributed by atoms with E-state index in [-0.39, 0.29) is 16.4 Å². The summed E-state index contributed by atoms with van der Waals surface area (Å²) in [4.78, 5) is 11.3. The number of anilines is 1. The number of nitrogens with one attached hydrogen (secondary N) is 1. The van der Waals surface area contributed by atoms with Crippen molar-refractivity contribution in [3.05, 3.63) is 58.7 Å². The Morgan fingerprint density at radius 2 is 1.90 bits per heavy atom. The standard InChI is InChI=1S/C22H24N2O4S/c1-2-16-9-10-18(22(25)26)13-21(16)29(27,28)24-20-12-15(14-23)8-11-19(20)17-6-4-3-5-7-17/h8-13,17,24H,2-7H2,1H3,(H,25,26). The quantitative estimate of drug-likeness (QED) is 0.717. The molecular weight excluding hydrogens is 388 g/mol. The maximum atomic E-state index is 13.2. The first-order chi connectivity index (χ1) is 13.9. The predicted molar refractivity (Wildman–Crippen MR) is 111 cm³/mol. The highest BCUT2D eigenvalue weighted by molar-refractivity contribution is 7.92. The van der Waals surface area contributed by atoms with Crippen molar-refractivity contribution in [1.82, 2.24) is 0 Å². The highest BCUT2D eigenvalue weighted by Gasteiger charge is 2.24. The zero-order valence-electron chi connectivity index (χ0n) is 16.3. The molecule has 0 atom stereocenters. The first-order valence-corrected chi connectivity index (χ1v) is 11.3. The number of rotatable bonds is 6. The summed E-state index contributed by atoms with van der Waals surface area (Å²) in [7, 11) is -4.02. The molecule has 0 unspecified atom stereocenters. The van der Waals surface area contributed by atoms with E-state index in [0.29, 0.717) is 23.2 Å². The van der Waals surface area contributed by atoms with Crippen LogP contribution in [0, 0.1) is 11.3 Å². The SMILES string of the molecule is CCc1ccc(C(=O)O)cc1S(=O)(=O)Nc1cc(C#N)ccc1C1CCCCC1. The average Bonchev–Trinajstić information content (AvgIpc) is 2.73. The summed E-state index contributed by atoms with van der Waals surface area (Å²) in [5, 5.41) is 18.5. The molecule has 0 heterocycles. The Kier molecular flexibility index (Phi) is 6.23. The van der Waals surface area contributed by atoms with E-state index in [0.717, 1.165) is 31.2 Å². The predicted octanol–water partition coefficient (Wildman–Crippen LogP) is 4.67. The van der Waals surface area contributed by atoms with Gasteiger partial charge in [0.05, 0.1) is 27.8 Å². The number of aryl methyl sites for hydroxylation is 1. The summed E-state index contributed by atoms with van der Waals surface area (Å²) in [6.45, 7) is 1.82. The van der Waals surface area contributed by atoms with Crippen molar-refractivity contribution < 1.29 is 18.3 Å². The third-order valence-electron chi connectivity index (χ3n) is 5.46. The van der Waals surface area contributed by atoms with Gasteiger partial charge in [-0.15, -0.1) is 0 Å². The van der Waals surface area contributed by atoms with Gasteiger partial charge in [-0.05, 0) is 60.6 Å². The maximum absolute atomic E-state index is 13.2. The van der Waals surface area contributed by atoms with Crippen LogP contribution in [-0.4, -0.2) is 19.5 Å². The highest BCUT2D eigenvalue weighted by Crippen LogP contribution is 2.37. The minimum Gasteiger partial charge on any atom is -0.478 e. The second kappa shape index (κ2) is 8.66. The molecule has 1 aliphatic carbocycles. The Hall–Kier alpha value is -2.85. The molecule has 0 aliphatic heterocycles. The van der Waals surface area contributed by atoms with E-state index in [2.05, 4.69) is 10.8 Å². The summed E-state index contributed by atoms with van der Waals surface area (Å²) in [6.07, 6.45) is 5.78. The van der Waals surface area contributed by atoms with Crippen molar-refractivity contribution in [2.24, 2.45) is 0 Å². The topological polar surface area (TPSA) is 107 Å². The molecule has 0 amide bonds. The Labute approximate surface area is 171 Å². The van der Waals surface area contributed by atoms with E-state index in [1.807, 2.05) is 13.0 Å². The number of carboxylic acids is 1. The molecule has 0 radical (unpaired) electrons. The van der Waals surface area contributed by atoms with Crippen LogP contribution < -0.4 is 4.72 Å². The lowest BCUT2D eigenvalue weighted by atomic mass is 9.83. The molecular formula is C22H24N2O4S. The second-order valence-corrected chi connectivity index (χ2v) is 8.99. The van der Waals surface area contributed by atoms with Gasteiger partial charge in [0, 0.05) is 0 Å². The van der Waals surface area contributed by atoms with Gasteiger partial charge in [0.15, 0.2) is 0 Å². The van der Waals surface area contributed by atoms with Crippen LogP contribution in [0.15, 0.2) is 41.3 Å². The number of sulfonamides is 1. The molecule has 1 aliphatic rings. The summed E-state index contributed by atoms with van der Waals surface area (Å²) >= 11 is 0. The molecule has 6 nitrogen and oxygen atoms in total. The molecule has 2 N–H and O–H groups in total. The van der Waals surface area contributed by atoms with E-state index in [1.165, 1.54) is 24.6 Å². The van der Waals surface area contributed by atoms with Crippen molar-refractivity contribution in [3.63, 3.8) is 0 Å². The lowest BCUT2D eigenvalue weighted by molar-refractivity contribution is 0.0696. The fraction of sp³-hybridized carbons (Fsp3) is 0.364. The average molecular weight is 413 g/mol. The Bertz CT molecular complexity index is 1060. The molecule has 1 saturated carbocycles. The van der Waals surface area contributed by atoms with Gasteiger partial charge in [-0.3, -0.25) is 4.72 Å². The van der Waals surface area contributed by atoms with Crippen LogP contribution in [0.25, 0.3) is 0 Å². The number of hydrogen-bond donors (Lipinski definition) is 2. The summed E-state index contributed by atoms with van der Waals surface area (Å²) in [6, 6.07) is 11.3. The van der Waals surface area contributed by atoms with Crippen molar-refractivity contribution >= 4 is 21.7 Å². The van der Waals surface area contributed by atoms with Gasteiger partial charge in [0.1, 0.15) is 0 Å². The molecule has 2 aromatic carbocycles. The van der Waals surface area contributed by atoms with Crippen molar-refractivity contribution in [2.75, 3.05) is 4.72 Å². The van der Waals surface area contributed by atoms with Crippen LogP contribution in [0.1, 0.15) is 72.0 Å². The summed E-state index contributed by atoms with van der Waals surface area (Å²) in [5.74, 6) is -0.941. The zero-order chi connectivity index (χ0) is 21.0. The van der Waals surface area contributed by atoms with Crippen LogP contribution in [0.4, 0.5) is 5.69 Å². The van der Waals surface area contributed by atoms with Crippen molar-refractivity contribution in [2.45, 2.75) is 56.3 Å². The fourth-order valence-electron chi connectivity index (χ4n) is 3.91. The molecule has 152 valence electrons. The van der Waals surface area contributed by atoms with E-state index < -0.39 is 16.0 Å². The van der Waals surface area contributed by atoms with Gasteiger partial charge in [-0.2, -0.15) is 5.26 Å². The molecule has 2 aromatic rings. The zero-order valence-corrected chi connectivity index (χ0v) is 17.1. The van der Waals surface area contributed by atoms with Gasteiger partial charge in [-0.1, -0.05) is 38.3 Å². The van der Waals surface area contributed by atoms with Gasteiger partial charge in [0.25, 0.3) is 10.0 Å². The highest BCUT2D eigenvalue weighted by atomic mass is 32.2. The minimum absolute atomic E-state index is 0.0446. The maximum Gasteiger partial charge on any atom is 0.335 e. The van der Waals surface area contributed by atoms with Crippen molar-refractivity contribution in [3.8, 4) is 6.07 Å². The number of carbonyl (C=O) groups is 1. The smallest absolute Gasteiger partial charge is 0.335 e. The van der Waals surface area contributed by atoms with Crippen LogP contribution in [-0.2, 0) is 16.4 Å². The van der Waals surface area contributed by atoms with Crippen LogP contribution >= 0.6 is 0 Å². The van der Waals surface area contributed by atoms with Crippen LogP contribution in [0.5, 0.6) is 0 Å². The second-order valence-electron chi connectivity index (χ2n) is 7.34. The van der Waals surface area contributed by atoms with E-state index in [1.54, 1.807) is 12.1 Å². The molecule has 0 saturated heterocycles. The normalized spacial score (nSPS) is 14.9. The minimum atomic E-state index is -4.02. The van der Waals surface area contributed by atoms with Gasteiger partial charge in [0.2, 0.25) is 0 Å².